The highest BCUT2D eigenvalue weighted by molar-refractivity contribution is 5.75. The lowest BCUT2D eigenvalue weighted by Gasteiger charge is -2.30. The van der Waals surface area contributed by atoms with E-state index in [0.717, 1.165) is 25.8 Å². The molecule has 1 aliphatic heterocycles. The van der Waals surface area contributed by atoms with Crippen molar-refractivity contribution in [2.75, 3.05) is 0 Å². The normalized spacial score (nSPS) is 20.0. The number of fused-ring (bicyclic) bond motifs is 1. The average molecular weight is 260 g/mol. The Balaban J connectivity index is 2.27. The number of hydrogen-bond donors (Lipinski definition) is 2. The molecule has 1 heterocycles. The Kier molecular flexibility index (Phi) is 4.43. The van der Waals surface area contributed by atoms with Gasteiger partial charge in [-0.05, 0) is 24.0 Å². The van der Waals surface area contributed by atoms with Crippen molar-refractivity contribution in [3.05, 3.63) is 35.4 Å². The summed E-state index contributed by atoms with van der Waals surface area (Å²) in [5.41, 5.74) is 14.0. The van der Waals surface area contributed by atoms with E-state index < -0.39 is 0 Å². The van der Waals surface area contributed by atoms with Crippen molar-refractivity contribution in [1.82, 2.24) is 4.90 Å². The smallest absolute Gasteiger partial charge is 0.187 e. The molecular weight excluding hydrogens is 236 g/mol. The minimum absolute atomic E-state index is 0.0901. The summed E-state index contributed by atoms with van der Waals surface area (Å²) in [4.78, 5) is 6.85. The van der Waals surface area contributed by atoms with Crippen LogP contribution in [0.4, 0.5) is 0 Å². The van der Waals surface area contributed by atoms with Crippen LogP contribution in [0, 0.1) is 0 Å². The quantitative estimate of drug-likeness (QED) is 0.631. The lowest BCUT2D eigenvalue weighted by molar-refractivity contribution is 0.138. The van der Waals surface area contributed by atoms with E-state index in [1.54, 1.807) is 0 Å². The van der Waals surface area contributed by atoms with E-state index >= 15 is 0 Å². The first kappa shape index (κ1) is 13.9. The lowest BCUT2D eigenvalue weighted by atomic mass is 10.0. The highest BCUT2D eigenvalue weighted by atomic mass is 15.3. The van der Waals surface area contributed by atoms with Crippen LogP contribution in [0.5, 0.6) is 0 Å². The first-order chi connectivity index (χ1) is 9.17. The summed E-state index contributed by atoms with van der Waals surface area (Å²) in [5.74, 6) is 0.184. The highest BCUT2D eigenvalue weighted by Gasteiger charge is 2.33. The fraction of sp³-hybridized carbons (Fsp3) is 0.533. The van der Waals surface area contributed by atoms with Gasteiger partial charge in [0, 0.05) is 12.6 Å². The van der Waals surface area contributed by atoms with E-state index in [1.807, 2.05) is 0 Å². The van der Waals surface area contributed by atoms with Gasteiger partial charge in [-0.2, -0.15) is 0 Å². The van der Waals surface area contributed by atoms with Gasteiger partial charge in [0.1, 0.15) is 6.17 Å². The van der Waals surface area contributed by atoms with Crippen LogP contribution in [0.3, 0.4) is 0 Å². The summed E-state index contributed by atoms with van der Waals surface area (Å²) in [5, 5.41) is 0. The van der Waals surface area contributed by atoms with Crippen LogP contribution in [-0.2, 0) is 6.54 Å². The Labute approximate surface area is 115 Å². The molecule has 0 saturated carbocycles. The van der Waals surface area contributed by atoms with Gasteiger partial charge in [-0.3, -0.25) is 4.90 Å². The van der Waals surface area contributed by atoms with E-state index in [2.05, 4.69) is 48.0 Å². The molecule has 2 atom stereocenters. The van der Waals surface area contributed by atoms with Crippen molar-refractivity contribution in [3.63, 3.8) is 0 Å². The van der Waals surface area contributed by atoms with Crippen molar-refractivity contribution in [2.45, 2.75) is 51.9 Å². The molecule has 0 fully saturated rings. The summed E-state index contributed by atoms with van der Waals surface area (Å²) in [6.45, 7) is 5.33. The van der Waals surface area contributed by atoms with Gasteiger partial charge in [0.05, 0.1) is 0 Å². The number of nitrogens with zero attached hydrogens (tertiary/aromatic N) is 2. The predicted molar refractivity (Wildman–Crippen MR) is 79.5 cm³/mol. The largest absolute Gasteiger partial charge is 0.370 e. The van der Waals surface area contributed by atoms with Crippen molar-refractivity contribution >= 4 is 5.96 Å². The number of nitrogens with two attached hydrogens (primary N) is 2. The van der Waals surface area contributed by atoms with Crippen molar-refractivity contribution in [3.8, 4) is 0 Å². The lowest BCUT2D eigenvalue weighted by Crippen LogP contribution is -2.36. The molecule has 1 aromatic carbocycles. The molecule has 0 radical (unpaired) electrons. The molecule has 0 amide bonds. The van der Waals surface area contributed by atoms with Crippen LogP contribution in [0.15, 0.2) is 29.3 Å². The van der Waals surface area contributed by atoms with Crippen LogP contribution in [0.1, 0.15) is 50.3 Å². The molecule has 0 aromatic heterocycles. The van der Waals surface area contributed by atoms with Gasteiger partial charge in [-0.25, -0.2) is 4.99 Å². The summed E-state index contributed by atoms with van der Waals surface area (Å²) in [7, 11) is 0. The maximum absolute atomic E-state index is 5.58. The van der Waals surface area contributed by atoms with E-state index in [4.69, 9.17) is 11.5 Å². The van der Waals surface area contributed by atoms with Gasteiger partial charge in [0.2, 0.25) is 0 Å². The molecule has 1 aliphatic rings. The molecular formula is C15H24N4. The molecule has 104 valence electrons. The standard InChI is InChI=1S/C15H24N4/c1-3-7-14(18-15(16)17)19-10-11-8-5-6-9-12(11)13(19)4-2/h5-6,8-9,13-14H,3-4,7,10H2,1-2H3,(H4,16,17,18). The molecule has 4 heteroatoms. The third-order valence-corrected chi connectivity index (χ3v) is 3.78. The summed E-state index contributed by atoms with van der Waals surface area (Å²) >= 11 is 0. The summed E-state index contributed by atoms with van der Waals surface area (Å²) in [6.07, 6.45) is 3.23. The van der Waals surface area contributed by atoms with E-state index in [-0.39, 0.29) is 12.1 Å². The van der Waals surface area contributed by atoms with Crippen LogP contribution in [-0.4, -0.2) is 17.0 Å². The predicted octanol–water partition coefficient (Wildman–Crippen LogP) is 2.35. The van der Waals surface area contributed by atoms with Crippen molar-refractivity contribution < 1.29 is 0 Å². The number of hydrogen-bond acceptors (Lipinski definition) is 2. The molecule has 0 saturated heterocycles. The van der Waals surface area contributed by atoms with Crippen LogP contribution in [0.25, 0.3) is 0 Å². The topological polar surface area (TPSA) is 67.6 Å². The molecule has 0 spiro atoms. The van der Waals surface area contributed by atoms with Crippen molar-refractivity contribution in [2.24, 2.45) is 16.5 Å². The second-order valence-corrected chi connectivity index (χ2v) is 5.12. The van der Waals surface area contributed by atoms with Gasteiger partial charge in [-0.1, -0.05) is 44.5 Å². The Hall–Kier alpha value is -1.55. The molecule has 4 N–H and O–H groups in total. The second kappa shape index (κ2) is 6.06. The zero-order valence-corrected chi connectivity index (χ0v) is 11.8. The maximum atomic E-state index is 5.58. The number of benzene rings is 1. The minimum Gasteiger partial charge on any atom is -0.370 e. The first-order valence-corrected chi connectivity index (χ1v) is 7.09. The van der Waals surface area contributed by atoms with E-state index in [9.17, 15) is 0 Å². The van der Waals surface area contributed by atoms with Gasteiger partial charge < -0.3 is 11.5 Å². The maximum Gasteiger partial charge on any atom is 0.187 e. The Morgan fingerprint density at radius 3 is 2.74 bits per heavy atom. The highest BCUT2D eigenvalue weighted by Crippen LogP contribution is 2.38. The number of rotatable bonds is 5. The fourth-order valence-corrected chi connectivity index (χ4v) is 2.99. The average Bonchev–Trinajstić information content (AvgIpc) is 2.76. The molecule has 0 aliphatic carbocycles. The Bertz CT molecular complexity index is 451. The van der Waals surface area contributed by atoms with E-state index in [0.29, 0.717) is 6.04 Å². The first-order valence-electron chi connectivity index (χ1n) is 7.09. The minimum atomic E-state index is 0.0901. The molecule has 19 heavy (non-hydrogen) atoms. The summed E-state index contributed by atoms with van der Waals surface area (Å²) < 4.78 is 0. The zero-order chi connectivity index (χ0) is 13.8. The molecule has 1 aromatic rings. The third kappa shape index (κ3) is 2.89. The van der Waals surface area contributed by atoms with Gasteiger partial charge in [0.15, 0.2) is 5.96 Å². The van der Waals surface area contributed by atoms with Gasteiger partial charge in [0.25, 0.3) is 0 Å². The number of aliphatic imine (C=N–C) groups is 1. The third-order valence-electron chi connectivity index (χ3n) is 3.78. The fourth-order valence-electron chi connectivity index (χ4n) is 2.99. The Morgan fingerprint density at radius 1 is 1.37 bits per heavy atom. The van der Waals surface area contributed by atoms with Gasteiger partial charge >= 0.3 is 0 Å². The zero-order valence-electron chi connectivity index (χ0n) is 11.8. The number of guanidine groups is 1. The second-order valence-electron chi connectivity index (χ2n) is 5.12. The molecule has 2 unspecified atom stereocenters. The van der Waals surface area contributed by atoms with Gasteiger partial charge in [-0.15, -0.1) is 0 Å². The molecule has 4 nitrogen and oxygen atoms in total. The van der Waals surface area contributed by atoms with Crippen molar-refractivity contribution in [1.29, 1.82) is 0 Å². The monoisotopic (exact) mass is 260 g/mol. The summed E-state index contributed by atoms with van der Waals surface area (Å²) in [6, 6.07) is 9.07. The van der Waals surface area contributed by atoms with Crippen LogP contribution < -0.4 is 11.5 Å². The van der Waals surface area contributed by atoms with Crippen LogP contribution in [0.2, 0.25) is 0 Å². The SMILES string of the molecule is CCCC(N=C(N)N)N1Cc2ccccc2C1CC. The van der Waals surface area contributed by atoms with Crippen LogP contribution >= 0.6 is 0 Å². The Morgan fingerprint density at radius 2 is 2.11 bits per heavy atom. The van der Waals surface area contributed by atoms with E-state index in [1.165, 1.54) is 11.1 Å². The molecule has 2 rings (SSSR count). The molecule has 0 bridgehead atoms.